The predicted octanol–water partition coefficient (Wildman–Crippen LogP) is 4.62. The Bertz CT molecular complexity index is 838. The quantitative estimate of drug-likeness (QED) is 0.650. The van der Waals surface area contributed by atoms with Crippen molar-refractivity contribution in [1.82, 2.24) is 9.55 Å². The third kappa shape index (κ3) is 1.95. The Morgan fingerprint density at radius 2 is 1.95 bits per heavy atom. The maximum absolute atomic E-state index is 13.7. The van der Waals surface area contributed by atoms with Crippen molar-refractivity contribution in [2.75, 3.05) is 0 Å². The van der Waals surface area contributed by atoms with Crippen molar-refractivity contribution >= 4 is 34.9 Å². The number of aromatic amines is 1. The molecule has 3 rings (SSSR count). The summed E-state index contributed by atoms with van der Waals surface area (Å²) in [6, 6.07) is 8.52. The highest BCUT2D eigenvalue weighted by atomic mass is 35.5. The van der Waals surface area contributed by atoms with E-state index in [0.29, 0.717) is 16.2 Å². The SMILES string of the molecule is Fc1ccc(Cl)c(-n2c(=S)[nH]c3c(F)cccc32)c1. The van der Waals surface area contributed by atoms with Gasteiger partial charge in [-0.2, -0.15) is 0 Å². The summed E-state index contributed by atoms with van der Waals surface area (Å²) in [4.78, 5) is 2.76. The first kappa shape index (κ1) is 12.3. The first-order chi connectivity index (χ1) is 9.08. The molecule has 1 heterocycles. The number of para-hydroxylation sites is 1. The van der Waals surface area contributed by atoms with Crippen molar-refractivity contribution in [3.63, 3.8) is 0 Å². The lowest BCUT2D eigenvalue weighted by Crippen LogP contribution is -1.96. The lowest BCUT2D eigenvalue weighted by Gasteiger charge is -2.07. The second-order valence-electron chi connectivity index (χ2n) is 4.00. The van der Waals surface area contributed by atoms with Gasteiger partial charge in [0, 0.05) is 0 Å². The fraction of sp³-hybridized carbons (Fsp3) is 0. The number of hydrogen-bond acceptors (Lipinski definition) is 1. The van der Waals surface area contributed by atoms with Gasteiger partial charge in [-0.1, -0.05) is 17.7 Å². The summed E-state index contributed by atoms with van der Waals surface area (Å²) in [5.41, 5.74) is 1.16. The third-order valence-electron chi connectivity index (χ3n) is 2.82. The van der Waals surface area contributed by atoms with E-state index in [9.17, 15) is 8.78 Å². The van der Waals surface area contributed by atoms with E-state index in [2.05, 4.69) is 4.98 Å². The number of aromatic nitrogens is 2. The molecule has 0 atom stereocenters. The van der Waals surface area contributed by atoms with E-state index in [1.54, 1.807) is 12.1 Å². The highest BCUT2D eigenvalue weighted by Crippen LogP contribution is 2.27. The fourth-order valence-corrected chi connectivity index (χ4v) is 2.49. The number of H-pyrrole nitrogens is 1. The Balaban J connectivity index is 2.43. The molecule has 0 unspecified atom stereocenters. The molecule has 96 valence electrons. The van der Waals surface area contributed by atoms with Crippen LogP contribution in [0.3, 0.4) is 0 Å². The topological polar surface area (TPSA) is 20.7 Å². The highest BCUT2D eigenvalue weighted by Gasteiger charge is 2.12. The van der Waals surface area contributed by atoms with Crippen LogP contribution in [0.15, 0.2) is 36.4 Å². The van der Waals surface area contributed by atoms with E-state index in [1.165, 1.54) is 28.8 Å². The molecule has 0 bridgehead atoms. The average Bonchev–Trinajstić information content (AvgIpc) is 2.70. The first-order valence-electron chi connectivity index (χ1n) is 5.42. The summed E-state index contributed by atoms with van der Waals surface area (Å²) in [5, 5.41) is 0.336. The minimum absolute atomic E-state index is 0.257. The second kappa shape index (κ2) is 4.43. The maximum atomic E-state index is 13.7. The molecule has 2 nitrogen and oxygen atoms in total. The summed E-state index contributed by atoms with van der Waals surface area (Å²) >= 11 is 11.2. The van der Waals surface area contributed by atoms with Crippen LogP contribution in [0, 0.1) is 16.4 Å². The van der Waals surface area contributed by atoms with Gasteiger partial charge in [-0.25, -0.2) is 8.78 Å². The Morgan fingerprint density at radius 1 is 1.16 bits per heavy atom. The van der Waals surface area contributed by atoms with E-state index < -0.39 is 11.6 Å². The molecule has 6 heteroatoms. The van der Waals surface area contributed by atoms with E-state index >= 15 is 0 Å². The van der Waals surface area contributed by atoms with Crippen LogP contribution >= 0.6 is 23.8 Å². The molecule has 1 aromatic heterocycles. The number of fused-ring (bicyclic) bond motifs is 1. The van der Waals surface area contributed by atoms with Crippen molar-refractivity contribution < 1.29 is 8.78 Å². The molecule has 1 N–H and O–H groups in total. The van der Waals surface area contributed by atoms with E-state index in [0.717, 1.165) is 0 Å². The molecule has 0 saturated carbocycles. The van der Waals surface area contributed by atoms with Gasteiger partial charge in [-0.15, -0.1) is 0 Å². The van der Waals surface area contributed by atoms with Gasteiger partial charge in [0.2, 0.25) is 0 Å². The fourth-order valence-electron chi connectivity index (χ4n) is 1.99. The number of benzene rings is 2. The van der Waals surface area contributed by atoms with Gasteiger partial charge < -0.3 is 4.98 Å². The Hall–Kier alpha value is -1.72. The zero-order chi connectivity index (χ0) is 13.6. The van der Waals surface area contributed by atoms with Crippen LogP contribution in [-0.4, -0.2) is 9.55 Å². The number of nitrogens with zero attached hydrogens (tertiary/aromatic N) is 1. The van der Waals surface area contributed by atoms with E-state index in [-0.39, 0.29) is 10.3 Å². The van der Waals surface area contributed by atoms with Gasteiger partial charge in [0.1, 0.15) is 17.2 Å². The normalized spacial score (nSPS) is 11.1. The minimum atomic E-state index is -0.438. The minimum Gasteiger partial charge on any atom is -0.328 e. The van der Waals surface area contributed by atoms with Crippen LogP contribution in [0.4, 0.5) is 8.78 Å². The summed E-state index contributed by atoms with van der Waals surface area (Å²) in [5.74, 6) is -0.859. The van der Waals surface area contributed by atoms with Gasteiger partial charge >= 0.3 is 0 Å². The molecule has 0 amide bonds. The van der Waals surface area contributed by atoms with Crippen molar-refractivity contribution in [2.24, 2.45) is 0 Å². The molecule has 0 saturated heterocycles. The molecule has 0 fully saturated rings. The molecule has 0 aliphatic rings. The largest absolute Gasteiger partial charge is 0.328 e. The lowest BCUT2D eigenvalue weighted by molar-refractivity contribution is 0.626. The monoisotopic (exact) mass is 296 g/mol. The lowest BCUT2D eigenvalue weighted by atomic mass is 10.2. The molecule has 2 aromatic carbocycles. The number of hydrogen-bond donors (Lipinski definition) is 1. The van der Waals surface area contributed by atoms with Gasteiger partial charge in [0.25, 0.3) is 0 Å². The van der Waals surface area contributed by atoms with Crippen molar-refractivity contribution in [2.45, 2.75) is 0 Å². The van der Waals surface area contributed by atoms with Crippen LogP contribution in [0.2, 0.25) is 5.02 Å². The second-order valence-corrected chi connectivity index (χ2v) is 4.79. The van der Waals surface area contributed by atoms with Crippen LogP contribution in [-0.2, 0) is 0 Å². The summed E-state index contributed by atoms with van der Waals surface area (Å²) < 4.78 is 28.8. The standard InChI is InChI=1S/C13H7ClF2N2S/c14-8-5-4-7(15)6-11(8)18-10-3-1-2-9(16)12(10)17-13(18)19/h1-6H,(H,17,19). The first-order valence-corrected chi connectivity index (χ1v) is 6.21. The van der Waals surface area contributed by atoms with E-state index in [4.69, 9.17) is 23.8 Å². The molecule has 0 radical (unpaired) electrons. The summed E-state index contributed by atoms with van der Waals surface area (Å²) in [7, 11) is 0. The van der Waals surface area contributed by atoms with Gasteiger partial charge in [-0.3, -0.25) is 4.57 Å². The van der Waals surface area contributed by atoms with Crippen molar-refractivity contribution in [3.05, 3.63) is 57.8 Å². The summed E-state index contributed by atoms with van der Waals surface area (Å²) in [6.45, 7) is 0. The zero-order valence-electron chi connectivity index (χ0n) is 9.45. The molecule has 0 spiro atoms. The smallest absolute Gasteiger partial charge is 0.182 e. The molecule has 3 aromatic rings. The van der Waals surface area contributed by atoms with Crippen molar-refractivity contribution in [3.8, 4) is 5.69 Å². The maximum Gasteiger partial charge on any atom is 0.182 e. The van der Waals surface area contributed by atoms with Gasteiger partial charge in [-0.05, 0) is 42.5 Å². The van der Waals surface area contributed by atoms with Gasteiger partial charge in [0.05, 0.1) is 16.2 Å². The van der Waals surface area contributed by atoms with Crippen LogP contribution in [0.5, 0.6) is 0 Å². The third-order valence-corrected chi connectivity index (χ3v) is 3.42. The number of halogens is 3. The zero-order valence-corrected chi connectivity index (χ0v) is 11.0. The molecule has 0 aliphatic heterocycles. The summed E-state index contributed by atoms with van der Waals surface area (Å²) in [6.07, 6.45) is 0. The number of nitrogens with one attached hydrogen (secondary N) is 1. The molecule has 0 aliphatic carbocycles. The van der Waals surface area contributed by atoms with Crippen LogP contribution in [0.1, 0.15) is 0 Å². The van der Waals surface area contributed by atoms with Crippen molar-refractivity contribution in [1.29, 1.82) is 0 Å². The Morgan fingerprint density at radius 3 is 2.74 bits per heavy atom. The Kier molecular flexibility index (Phi) is 2.88. The average molecular weight is 297 g/mol. The predicted molar refractivity (Wildman–Crippen MR) is 73.4 cm³/mol. The van der Waals surface area contributed by atoms with Crippen LogP contribution in [0.25, 0.3) is 16.7 Å². The van der Waals surface area contributed by atoms with Gasteiger partial charge in [0.15, 0.2) is 4.77 Å². The Labute approximate surface area is 117 Å². The van der Waals surface area contributed by atoms with Crippen LogP contribution < -0.4 is 0 Å². The number of imidazole rings is 1. The molecular weight excluding hydrogens is 290 g/mol. The van der Waals surface area contributed by atoms with E-state index in [1.807, 2.05) is 0 Å². The molecular formula is C13H7ClF2N2S. The highest BCUT2D eigenvalue weighted by molar-refractivity contribution is 7.71. The molecule has 19 heavy (non-hydrogen) atoms. The number of rotatable bonds is 1.